The summed E-state index contributed by atoms with van der Waals surface area (Å²) in [6.45, 7) is 2.66. The summed E-state index contributed by atoms with van der Waals surface area (Å²) in [5, 5.41) is 87.3. The number of allylic oxidation sites excluding steroid dienone is 17. The van der Waals surface area contributed by atoms with E-state index in [9.17, 15) is 45.6 Å². The van der Waals surface area contributed by atoms with Crippen LogP contribution in [0.1, 0.15) is 277 Å². The molecule has 0 aromatic rings. The van der Waals surface area contributed by atoms with Gasteiger partial charge in [0.25, 0.3) is 0 Å². The normalized spacial score (nSPS) is 23.5. The molecule has 2 saturated heterocycles. The zero-order valence-corrected chi connectivity index (χ0v) is 57.1. The molecule has 14 heteroatoms. The second kappa shape index (κ2) is 60.3. The zero-order valence-electron chi connectivity index (χ0n) is 57.1. The Labute approximate surface area is 553 Å². The molecule has 2 rings (SSSR count). The number of hydrogen-bond donors (Lipinski definition) is 9. The van der Waals surface area contributed by atoms with Crippen molar-refractivity contribution in [1.29, 1.82) is 0 Å². The number of rotatable bonds is 59. The van der Waals surface area contributed by atoms with Crippen LogP contribution in [-0.4, -0.2) is 140 Å². The number of nitrogens with one attached hydrogen (secondary N) is 1. The van der Waals surface area contributed by atoms with Gasteiger partial charge in [0, 0.05) is 6.42 Å². The summed E-state index contributed by atoms with van der Waals surface area (Å²) >= 11 is 0. The molecule has 0 aromatic heterocycles. The SMILES string of the molecule is CC/C=C\C/C=C\C/C=C\C/C=C\C/C=C\C/C=C\CCCCCCCCCCCCCCCCCCCCCCCCC(=O)NC(COC1OC(CO)C(OC2OC(CO)C(O)C(O)C2O)C(O)C1O)C(O)/C=C/CC/C=C/CC/C=C/CCCCCCCC. The molecule has 0 radical (unpaired) electrons. The zero-order chi connectivity index (χ0) is 65.9. The van der Waals surface area contributed by atoms with Gasteiger partial charge in [0.15, 0.2) is 12.6 Å². The number of hydrogen-bond acceptors (Lipinski definition) is 13. The second-order valence-corrected chi connectivity index (χ2v) is 25.3. The number of aliphatic hydroxyl groups excluding tert-OH is 8. The Morgan fingerprint density at radius 2 is 0.769 bits per heavy atom. The van der Waals surface area contributed by atoms with Crippen LogP contribution >= 0.6 is 0 Å². The lowest BCUT2D eigenvalue weighted by Crippen LogP contribution is -2.65. The lowest BCUT2D eigenvalue weighted by atomic mass is 9.97. The number of carbonyl (C=O) groups is 1. The maximum Gasteiger partial charge on any atom is 0.220 e. The van der Waals surface area contributed by atoms with E-state index in [0.717, 1.165) is 83.5 Å². The van der Waals surface area contributed by atoms with Crippen LogP contribution in [0.4, 0.5) is 0 Å². The molecule has 1 amide bonds. The molecule has 0 aromatic carbocycles. The minimum Gasteiger partial charge on any atom is -0.394 e. The van der Waals surface area contributed by atoms with Gasteiger partial charge in [-0.2, -0.15) is 0 Å². The van der Waals surface area contributed by atoms with Crippen LogP contribution in [0.5, 0.6) is 0 Å². The van der Waals surface area contributed by atoms with Gasteiger partial charge in [0.1, 0.15) is 48.8 Å². The number of ether oxygens (including phenoxy) is 4. The van der Waals surface area contributed by atoms with Crippen LogP contribution in [0.3, 0.4) is 0 Å². The molecule has 0 saturated carbocycles. The first-order valence-electron chi connectivity index (χ1n) is 36.6. The fourth-order valence-corrected chi connectivity index (χ4v) is 11.4. The van der Waals surface area contributed by atoms with Gasteiger partial charge in [0.2, 0.25) is 5.91 Å². The first kappa shape index (κ1) is 83.7. The summed E-state index contributed by atoms with van der Waals surface area (Å²) in [5.41, 5.74) is 0. The van der Waals surface area contributed by atoms with Crippen LogP contribution < -0.4 is 5.32 Å². The quantitative estimate of drug-likeness (QED) is 0.0204. The van der Waals surface area contributed by atoms with E-state index in [4.69, 9.17) is 18.9 Å². The Morgan fingerprint density at radius 3 is 1.21 bits per heavy atom. The van der Waals surface area contributed by atoms with Gasteiger partial charge in [-0.25, -0.2) is 0 Å². The molecule has 9 N–H and O–H groups in total. The Balaban J connectivity index is 1.57. The molecule has 0 aliphatic carbocycles. The predicted molar refractivity (Wildman–Crippen MR) is 373 cm³/mol. The maximum absolute atomic E-state index is 13.3. The highest BCUT2D eigenvalue weighted by Crippen LogP contribution is 2.30. The van der Waals surface area contributed by atoms with Crippen LogP contribution in [0.25, 0.3) is 0 Å². The van der Waals surface area contributed by atoms with Gasteiger partial charge in [-0.3, -0.25) is 4.79 Å². The number of carbonyl (C=O) groups excluding carboxylic acids is 1. The van der Waals surface area contributed by atoms with Gasteiger partial charge < -0.3 is 65.1 Å². The number of amides is 1. The fraction of sp³-hybridized carbons (Fsp3) is 0.753. The molecular formula is C77H133NO13. The van der Waals surface area contributed by atoms with Gasteiger partial charge in [0.05, 0.1) is 32.0 Å². The van der Waals surface area contributed by atoms with Gasteiger partial charge >= 0.3 is 0 Å². The molecule has 12 unspecified atom stereocenters. The average Bonchev–Trinajstić information content (AvgIpc) is 1.24. The van der Waals surface area contributed by atoms with E-state index in [1.807, 2.05) is 6.08 Å². The summed E-state index contributed by atoms with van der Waals surface area (Å²) in [6.07, 6.45) is 70.3. The Morgan fingerprint density at radius 1 is 0.407 bits per heavy atom. The van der Waals surface area contributed by atoms with E-state index >= 15 is 0 Å². The summed E-state index contributed by atoms with van der Waals surface area (Å²) in [7, 11) is 0. The highest BCUT2D eigenvalue weighted by atomic mass is 16.7. The first-order valence-corrected chi connectivity index (χ1v) is 36.6. The number of unbranched alkanes of at least 4 members (excludes halogenated alkanes) is 30. The molecule has 0 bridgehead atoms. The van der Waals surface area contributed by atoms with E-state index < -0.39 is 86.8 Å². The van der Waals surface area contributed by atoms with Crippen molar-refractivity contribution in [2.75, 3.05) is 19.8 Å². The average molecular weight is 1280 g/mol. The molecule has 2 fully saturated rings. The molecule has 524 valence electrons. The molecule has 0 spiro atoms. The summed E-state index contributed by atoms with van der Waals surface area (Å²) in [5.74, 6) is -0.253. The van der Waals surface area contributed by atoms with Crippen LogP contribution in [-0.2, 0) is 23.7 Å². The van der Waals surface area contributed by atoms with Crippen molar-refractivity contribution in [3.8, 4) is 0 Å². The molecule has 2 aliphatic heterocycles. The Hall–Kier alpha value is -3.35. The second-order valence-electron chi connectivity index (χ2n) is 25.3. The van der Waals surface area contributed by atoms with Gasteiger partial charge in [-0.05, 0) is 96.3 Å². The minimum absolute atomic E-state index is 0.253. The molecule has 91 heavy (non-hydrogen) atoms. The lowest BCUT2D eigenvalue weighted by molar-refractivity contribution is -0.359. The largest absolute Gasteiger partial charge is 0.394 e. The maximum atomic E-state index is 13.3. The molecular weight excluding hydrogens is 1150 g/mol. The lowest BCUT2D eigenvalue weighted by Gasteiger charge is -2.46. The van der Waals surface area contributed by atoms with Crippen LogP contribution in [0, 0.1) is 0 Å². The van der Waals surface area contributed by atoms with Crippen molar-refractivity contribution in [2.45, 2.75) is 351 Å². The van der Waals surface area contributed by atoms with E-state index in [2.05, 4.69) is 116 Å². The minimum atomic E-state index is -1.80. The standard InChI is InChI=1S/C77H133NO13/c1-3-5-7-9-11-13-15-17-19-21-22-23-24-25-26-27-28-29-30-31-32-33-34-35-36-37-38-39-40-41-42-43-44-45-47-49-51-53-55-57-59-61-69(82)78-65(66(81)60-58-56-54-52-50-48-46-20-18-16-14-12-10-8-6-4-2)64-88-76-74(87)72(85)75(68(63-80)90-76)91-77-73(86)71(84)70(83)67(62-79)89-77/h5,7,11,13,17-20,22-23,25-26,28-29,50,52,58,60,65-68,70-77,79-81,83-87H,3-4,6,8-10,12,14-16,21,24,27,30-49,51,53-57,59,61-64H2,1-2H3,(H,78,82)/b7-5-,13-11-,19-17-,20-18+,23-22-,26-25-,29-28-,52-50+,60-58+. The Bertz CT molecular complexity index is 1950. The third-order valence-corrected chi connectivity index (χ3v) is 17.2. The summed E-state index contributed by atoms with van der Waals surface area (Å²) < 4.78 is 22.8. The summed E-state index contributed by atoms with van der Waals surface area (Å²) in [4.78, 5) is 13.3. The third-order valence-electron chi connectivity index (χ3n) is 17.2. The first-order chi connectivity index (χ1) is 44.6. The highest BCUT2D eigenvalue weighted by molar-refractivity contribution is 5.76. The van der Waals surface area contributed by atoms with Crippen molar-refractivity contribution in [2.24, 2.45) is 0 Å². The molecule has 12 atom stereocenters. The smallest absolute Gasteiger partial charge is 0.220 e. The summed E-state index contributed by atoms with van der Waals surface area (Å²) in [6, 6.07) is -0.941. The van der Waals surface area contributed by atoms with E-state index in [0.29, 0.717) is 12.8 Å². The van der Waals surface area contributed by atoms with Crippen molar-refractivity contribution in [3.05, 3.63) is 109 Å². The van der Waals surface area contributed by atoms with Crippen molar-refractivity contribution >= 4 is 5.91 Å². The Kier molecular flexibility index (Phi) is 55.5. The van der Waals surface area contributed by atoms with Crippen molar-refractivity contribution in [3.63, 3.8) is 0 Å². The topological polar surface area (TPSA) is 228 Å². The molecule has 2 aliphatic rings. The van der Waals surface area contributed by atoms with Gasteiger partial charge in [-0.15, -0.1) is 0 Å². The third kappa shape index (κ3) is 44.1. The molecule has 2 heterocycles. The van der Waals surface area contributed by atoms with E-state index in [1.165, 1.54) is 161 Å². The van der Waals surface area contributed by atoms with E-state index in [-0.39, 0.29) is 18.9 Å². The van der Waals surface area contributed by atoms with Crippen molar-refractivity contribution < 1.29 is 64.6 Å². The highest BCUT2D eigenvalue weighted by Gasteiger charge is 2.51. The predicted octanol–water partition coefficient (Wildman–Crippen LogP) is 15.5. The monoisotopic (exact) mass is 1280 g/mol. The number of aliphatic hydroxyl groups is 8. The van der Waals surface area contributed by atoms with Crippen molar-refractivity contribution in [1.82, 2.24) is 5.32 Å². The van der Waals surface area contributed by atoms with Crippen LogP contribution in [0.15, 0.2) is 109 Å². The van der Waals surface area contributed by atoms with Gasteiger partial charge in [-0.1, -0.05) is 284 Å². The molecule has 14 nitrogen and oxygen atoms in total. The van der Waals surface area contributed by atoms with Crippen LogP contribution in [0.2, 0.25) is 0 Å². The fourth-order valence-electron chi connectivity index (χ4n) is 11.4. The van der Waals surface area contributed by atoms with E-state index in [1.54, 1.807) is 6.08 Å².